The number of amides is 1. The highest BCUT2D eigenvalue weighted by atomic mass is 79.9. The second-order valence-electron chi connectivity index (χ2n) is 5.70. The van der Waals surface area contributed by atoms with Gasteiger partial charge < -0.3 is 9.47 Å². The lowest BCUT2D eigenvalue weighted by atomic mass is 9.93. The molecule has 1 amide bonds. The van der Waals surface area contributed by atoms with Crippen molar-refractivity contribution in [1.29, 1.82) is 0 Å². The molecule has 1 aliphatic rings. The van der Waals surface area contributed by atoms with Crippen LogP contribution in [0.1, 0.15) is 38.7 Å². The average molecular weight is 412 g/mol. The Kier molecular flexibility index (Phi) is 6.99. The summed E-state index contributed by atoms with van der Waals surface area (Å²) in [5, 5.41) is 0. The molecule has 1 aliphatic heterocycles. The van der Waals surface area contributed by atoms with Crippen LogP contribution in [0.4, 0.5) is 5.69 Å². The Morgan fingerprint density at radius 1 is 1.20 bits per heavy atom. The predicted molar refractivity (Wildman–Crippen MR) is 96.2 cm³/mol. The minimum atomic E-state index is -0.876. The van der Waals surface area contributed by atoms with Gasteiger partial charge in [-0.1, -0.05) is 15.9 Å². The van der Waals surface area contributed by atoms with Crippen molar-refractivity contribution in [1.82, 2.24) is 0 Å². The molecule has 0 fully saturated rings. The summed E-state index contributed by atoms with van der Waals surface area (Å²) >= 11 is 3.43. The second-order valence-corrected chi connectivity index (χ2v) is 6.62. The van der Waals surface area contributed by atoms with Crippen LogP contribution in [-0.2, 0) is 30.3 Å². The molecule has 1 aromatic carbocycles. The zero-order chi connectivity index (χ0) is 18.4. The summed E-state index contributed by atoms with van der Waals surface area (Å²) in [4.78, 5) is 37.8. The van der Waals surface area contributed by atoms with E-state index in [-0.39, 0.29) is 25.0 Å². The van der Waals surface area contributed by atoms with Gasteiger partial charge in [0.2, 0.25) is 0 Å². The maximum atomic E-state index is 12.6. The first-order chi connectivity index (χ1) is 12.0. The number of fused-ring (bicyclic) bond motifs is 1. The Bertz CT molecular complexity index is 661. The molecule has 1 heterocycles. The highest BCUT2D eigenvalue weighted by Gasteiger charge is 2.35. The third kappa shape index (κ3) is 4.81. The fraction of sp³-hybridized carbons (Fsp3) is 0.500. The Balaban J connectivity index is 2.26. The molecule has 0 saturated carbocycles. The molecule has 136 valence electrons. The summed E-state index contributed by atoms with van der Waals surface area (Å²) in [7, 11) is 0. The van der Waals surface area contributed by atoms with E-state index in [1.165, 1.54) is 4.90 Å². The minimum Gasteiger partial charge on any atom is -0.466 e. The van der Waals surface area contributed by atoms with Crippen LogP contribution in [0.25, 0.3) is 0 Å². The number of anilines is 1. The number of ether oxygens (including phenoxy) is 2. The van der Waals surface area contributed by atoms with Crippen LogP contribution >= 0.6 is 15.9 Å². The van der Waals surface area contributed by atoms with Gasteiger partial charge in [0, 0.05) is 22.6 Å². The summed E-state index contributed by atoms with van der Waals surface area (Å²) < 4.78 is 10.8. The summed E-state index contributed by atoms with van der Waals surface area (Å²) in [5.74, 6) is -1.87. The number of carbonyl (C=O) groups excluding carboxylic acids is 3. The van der Waals surface area contributed by atoms with Gasteiger partial charge in [0.15, 0.2) is 0 Å². The highest BCUT2D eigenvalue weighted by molar-refractivity contribution is 9.10. The van der Waals surface area contributed by atoms with Crippen LogP contribution in [0.15, 0.2) is 22.7 Å². The zero-order valence-corrected chi connectivity index (χ0v) is 16.0. The minimum absolute atomic E-state index is 0.138. The van der Waals surface area contributed by atoms with E-state index < -0.39 is 11.9 Å². The van der Waals surface area contributed by atoms with Crippen LogP contribution in [0.5, 0.6) is 0 Å². The van der Waals surface area contributed by atoms with Gasteiger partial charge in [0.1, 0.15) is 0 Å². The number of benzene rings is 1. The molecule has 0 radical (unpaired) electrons. The van der Waals surface area contributed by atoms with E-state index >= 15 is 0 Å². The number of nitrogens with zero attached hydrogens (tertiary/aromatic N) is 1. The van der Waals surface area contributed by atoms with Crippen molar-refractivity contribution < 1.29 is 23.9 Å². The second kappa shape index (κ2) is 8.99. The third-order valence-corrected chi connectivity index (χ3v) is 4.56. The topological polar surface area (TPSA) is 72.9 Å². The van der Waals surface area contributed by atoms with E-state index in [0.717, 1.165) is 16.5 Å². The molecule has 0 aliphatic carbocycles. The van der Waals surface area contributed by atoms with Crippen LogP contribution in [0.2, 0.25) is 0 Å². The van der Waals surface area contributed by atoms with Gasteiger partial charge >= 0.3 is 17.8 Å². The van der Waals surface area contributed by atoms with Gasteiger partial charge in [-0.05, 0) is 56.9 Å². The molecule has 7 heteroatoms. The quantitative estimate of drug-likeness (QED) is 0.549. The Labute approximate surface area is 155 Å². The van der Waals surface area contributed by atoms with Gasteiger partial charge in [0.25, 0.3) is 0 Å². The van der Waals surface area contributed by atoms with E-state index in [9.17, 15) is 14.4 Å². The van der Waals surface area contributed by atoms with E-state index in [2.05, 4.69) is 15.9 Å². The first kappa shape index (κ1) is 19.4. The number of esters is 2. The van der Waals surface area contributed by atoms with E-state index in [4.69, 9.17) is 9.47 Å². The normalized spacial score (nSPS) is 16.1. The lowest BCUT2D eigenvalue weighted by molar-refractivity contribution is -0.153. The predicted octanol–water partition coefficient (Wildman–Crippen LogP) is 3.00. The van der Waals surface area contributed by atoms with Crippen molar-refractivity contribution in [2.75, 3.05) is 18.1 Å². The Morgan fingerprint density at radius 3 is 2.60 bits per heavy atom. The van der Waals surface area contributed by atoms with Crippen molar-refractivity contribution in [3.05, 3.63) is 28.2 Å². The first-order valence-corrected chi connectivity index (χ1v) is 9.21. The molecule has 1 unspecified atom stereocenters. The van der Waals surface area contributed by atoms with E-state index in [1.807, 2.05) is 18.2 Å². The van der Waals surface area contributed by atoms with Crippen molar-refractivity contribution in [3.8, 4) is 0 Å². The number of aryl methyl sites for hydroxylation is 1. The summed E-state index contributed by atoms with van der Waals surface area (Å²) in [5.41, 5.74) is 1.68. The highest BCUT2D eigenvalue weighted by Crippen LogP contribution is 2.34. The lowest BCUT2D eigenvalue weighted by Gasteiger charge is -2.36. The van der Waals surface area contributed by atoms with Crippen molar-refractivity contribution >= 4 is 39.5 Å². The SMILES string of the molecule is CCOC(=O)CCC1CCc2cc(Br)ccc2N1C(=O)C(=O)OCC. The van der Waals surface area contributed by atoms with Gasteiger partial charge in [-0.2, -0.15) is 0 Å². The summed E-state index contributed by atoms with van der Waals surface area (Å²) in [6.07, 6.45) is 2.10. The molecule has 0 N–H and O–H groups in total. The fourth-order valence-electron chi connectivity index (χ4n) is 2.99. The first-order valence-electron chi connectivity index (χ1n) is 8.42. The van der Waals surface area contributed by atoms with Crippen molar-refractivity contribution in [2.24, 2.45) is 0 Å². The van der Waals surface area contributed by atoms with Crippen LogP contribution in [0.3, 0.4) is 0 Å². The summed E-state index contributed by atoms with van der Waals surface area (Å²) in [6, 6.07) is 5.35. The number of rotatable bonds is 5. The zero-order valence-electron chi connectivity index (χ0n) is 14.4. The molecule has 25 heavy (non-hydrogen) atoms. The van der Waals surface area contributed by atoms with Crippen LogP contribution < -0.4 is 4.90 Å². The van der Waals surface area contributed by atoms with Crippen LogP contribution in [0, 0.1) is 0 Å². The standard InChI is InChI=1S/C18H22BrNO5/c1-3-24-16(21)10-8-14-7-5-12-11-13(19)6-9-15(12)20(14)17(22)18(23)25-4-2/h6,9,11,14H,3-5,7-8,10H2,1-2H3. The smallest absolute Gasteiger partial charge is 0.397 e. The number of halogens is 1. The van der Waals surface area contributed by atoms with Gasteiger partial charge in [-0.15, -0.1) is 0 Å². The molecule has 0 bridgehead atoms. The van der Waals surface area contributed by atoms with Gasteiger partial charge in [0.05, 0.1) is 13.2 Å². The van der Waals surface area contributed by atoms with Gasteiger partial charge in [-0.3, -0.25) is 14.5 Å². The van der Waals surface area contributed by atoms with Crippen LogP contribution in [-0.4, -0.2) is 37.1 Å². The Morgan fingerprint density at radius 2 is 1.92 bits per heavy atom. The fourth-order valence-corrected chi connectivity index (χ4v) is 3.40. The van der Waals surface area contributed by atoms with Crippen molar-refractivity contribution in [2.45, 2.75) is 45.6 Å². The maximum absolute atomic E-state index is 12.6. The molecule has 2 rings (SSSR count). The molecular weight excluding hydrogens is 390 g/mol. The number of hydrogen-bond acceptors (Lipinski definition) is 5. The van der Waals surface area contributed by atoms with E-state index in [0.29, 0.717) is 25.1 Å². The third-order valence-electron chi connectivity index (χ3n) is 4.07. The number of hydrogen-bond donors (Lipinski definition) is 0. The molecule has 0 aromatic heterocycles. The van der Waals surface area contributed by atoms with Crippen molar-refractivity contribution in [3.63, 3.8) is 0 Å². The molecule has 6 nitrogen and oxygen atoms in total. The monoisotopic (exact) mass is 411 g/mol. The maximum Gasteiger partial charge on any atom is 0.397 e. The molecule has 1 aromatic rings. The molecular formula is C18H22BrNO5. The van der Waals surface area contributed by atoms with Gasteiger partial charge in [-0.25, -0.2) is 4.79 Å². The van der Waals surface area contributed by atoms with E-state index in [1.54, 1.807) is 13.8 Å². The lowest BCUT2D eigenvalue weighted by Crippen LogP contribution is -2.47. The molecule has 1 atom stereocenters. The average Bonchev–Trinajstić information content (AvgIpc) is 2.59. The summed E-state index contributed by atoms with van der Waals surface area (Å²) in [6.45, 7) is 3.87. The Hall–Kier alpha value is -1.89. The molecule has 0 saturated heterocycles. The molecule has 0 spiro atoms. The number of carbonyl (C=O) groups is 3. The largest absolute Gasteiger partial charge is 0.466 e.